The van der Waals surface area contributed by atoms with E-state index in [0.29, 0.717) is 23.0 Å². The van der Waals surface area contributed by atoms with E-state index < -0.39 is 0 Å². The fraction of sp³-hybridized carbons (Fsp3) is 0.182. The lowest BCUT2D eigenvalue weighted by atomic mass is 10.1. The molecule has 0 spiro atoms. The number of halogens is 2. The molecule has 0 N–H and O–H groups in total. The Morgan fingerprint density at radius 2 is 2.29 bits per heavy atom. The van der Waals surface area contributed by atoms with Crippen LogP contribution in [0.4, 0.5) is 4.39 Å². The summed E-state index contributed by atoms with van der Waals surface area (Å²) in [7, 11) is 0. The number of nitrogens with zero attached hydrogens (tertiary/aromatic N) is 4. The Morgan fingerprint density at radius 1 is 1.53 bits per heavy atom. The first kappa shape index (κ1) is 11.7. The maximum atomic E-state index is 13.1. The van der Waals surface area contributed by atoms with E-state index in [1.54, 1.807) is 19.1 Å². The summed E-state index contributed by atoms with van der Waals surface area (Å²) in [6, 6.07) is 4.66. The van der Waals surface area contributed by atoms with Gasteiger partial charge >= 0.3 is 0 Å². The number of aromatic nitrogens is 4. The molecule has 1 aromatic heterocycles. The largest absolute Gasteiger partial charge is 0.207 e. The van der Waals surface area contributed by atoms with Gasteiger partial charge in [0.2, 0.25) is 5.82 Å². The Kier molecular flexibility index (Phi) is 3.19. The quantitative estimate of drug-likeness (QED) is 0.843. The SMILES string of the molecule is C=C(Cl)Cn1nnc(-c2ccc(F)c(C)c2)n1. The van der Waals surface area contributed by atoms with Crippen LogP contribution in [-0.4, -0.2) is 20.2 Å². The van der Waals surface area contributed by atoms with Crippen LogP contribution in [0.3, 0.4) is 0 Å². The zero-order valence-corrected chi connectivity index (χ0v) is 9.95. The molecule has 0 aliphatic rings. The zero-order chi connectivity index (χ0) is 12.4. The van der Waals surface area contributed by atoms with Crippen molar-refractivity contribution >= 4 is 11.6 Å². The highest BCUT2D eigenvalue weighted by Gasteiger charge is 2.08. The lowest BCUT2D eigenvalue weighted by Gasteiger charge is -1.98. The molecule has 0 unspecified atom stereocenters. The first-order valence-corrected chi connectivity index (χ1v) is 5.31. The molecule has 0 fully saturated rings. The fourth-order valence-electron chi connectivity index (χ4n) is 1.36. The topological polar surface area (TPSA) is 43.6 Å². The average Bonchev–Trinajstić information content (AvgIpc) is 2.69. The number of aryl methyl sites for hydroxylation is 1. The molecule has 0 bridgehead atoms. The minimum absolute atomic E-state index is 0.254. The fourth-order valence-corrected chi connectivity index (χ4v) is 1.47. The van der Waals surface area contributed by atoms with E-state index in [-0.39, 0.29) is 5.82 Å². The van der Waals surface area contributed by atoms with Crippen LogP contribution in [0.5, 0.6) is 0 Å². The van der Waals surface area contributed by atoms with Gasteiger partial charge in [-0.05, 0) is 35.9 Å². The maximum Gasteiger partial charge on any atom is 0.204 e. The second kappa shape index (κ2) is 4.63. The summed E-state index contributed by atoms with van der Waals surface area (Å²) in [5.74, 6) is 0.182. The third kappa shape index (κ3) is 2.68. The van der Waals surface area contributed by atoms with E-state index in [2.05, 4.69) is 22.0 Å². The predicted octanol–water partition coefficient (Wildman–Crippen LogP) is 2.54. The average molecular weight is 253 g/mol. The summed E-state index contributed by atoms with van der Waals surface area (Å²) in [6.07, 6.45) is 0. The molecule has 1 aromatic carbocycles. The molecule has 4 nitrogen and oxygen atoms in total. The monoisotopic (exact) mass is 252 g/mol. The minimum Gasteiger partial charge on any atom is -0.207 e. The highest BCUT2D eigenvalue weighted by molar-refractivity contribution is 6.29. The van der Waals surface area contributed by atoms with Crippen molar-refractivity contribution in [3.05, 3.63) is 41.2 Å². The number of benzene rings is 1. The number of hydrogen-bond acceptors (Lipinski definition) is 3. The highest BCUT2D eigenvalue weighted by atomic mass is 35.5. The summed E-state index contributed by atoms with van der Waals surface area (Å²) in [6.45, 7) is 5.53. The minimum atomic E-state index is -0.254. The zero-order valence-electron chi connectivity index (χ0n) is 9.19. The summed E-state index contributed by atoms with van der Waals surface area (Å²) < 4.78 is 13.1. The Balaban J connectivity index is 2.30. The first-order valence-electron chi connectivity index (χ1n) is 4.94. The summed E-state index contributed by atoms with van der Waals surface area (Å²) in [5.41, 5.74) is 1.26. The molecule has 0 radical (unpaired) electrons. The third-order valence-electron chi connectivity index (χ3n) is 2.18. The highest BCUT2D eigenvalue weighted by Crippen LogP contribution is 2.17. The van der Waals surface area contributed by atoms with Gasteiger partial charge in [0.05, 0.1) is 6.54 Å². The Bertz CT molecular complexity index is 564. The van der Waals surface area contributed by atoms with Crippen molar-refractivity contribution in [2.75, 3.05) is 0 Å². The molecular weight excluding hydrogens is 243 g/mol. The number of rotatable bonds is 3. The lowest BCUT2D eigenvalue weighted by Crippen LogP contribution is -2.01. The molecule has 6 heteroatoms. The van der Waals surface area contributed by atoms with Gasteiger partial charge in [-0.2, -0.15) is 4.80 Å². The standard InChI is InChI=1S/C11H10ClFN4/c1-7-5-9(3-4-10(7)13)11-14-16-17(15-11)6-8(2)12/h3-5H,2,6H2,1H3. The van der Waals surface area contributed by atoms with Crippen molar-refractivity contribution < 1.29 is 4.39 Å². The number of tetrazole rings is 1. The summed E-state index contributed by atoms with van der Waals surface area (Å²) >= 11 is 5.64. The first-order chi connectivity index (χ1) is 8.06. The van der Waals surface area contributed by atoms with E-state index in [1.807, 2.05) is 0 Å². The van der Waals surface area contributed by atoms with Crippen molar-refractivity contribution in [1.29, 1.82) is 0 Å². The van der Waals surface area contributed by atoms with Crippen molar-refractivity contribution in [3.8, 4) is 11.4 Å². The van der Waals surface area contributed by atoms with E-state index in [4.69, 9.17) is 11.6 Å². The van der Waals surface area contributed by atoms with Crippen LogP contribution < -0.4 is 0 Å². The lowest BCUT2D eigenvalue weighted by molar-refractivity contribution is 0.578. The van der Waals surface area contributed by atoms with Crippen LogP contribution in [0.1, 0.15) is 5.56 Å². The molecule has 2 rings (SSSR count). The molecule has 0 saturated carbocycles. The van der Waals surface area contributed by atoms with Crippen LogP contribution in [0.2, 0.25) is 0 Å². The molecule has 0 atom stereocenters. The molecule has 1 heterocycles. The van der Waals surface area contributed by atoms with Crippen molar-refractivity contribution in [3.63, 3.8) is 0 Å². The maximum absolute atomic E-state index is 13.1. The number of hydrogen-bond donors (Lipinski definition) is 0. The Hall–Kier alpha value is -1.75. The molecule has 0 aliphatic heterocycles. The molecule has 17 heavy (non-hydrogen) atoms. The van der Waals surface area contributed by atoms with Gasteiger partial charge in [-0.15, -0.1) is 10.2 Å². The smallest absolute Gasteiger partial charge is 0.204 e. The summed E-state index contributed by atoms with van der Waals surface area (Å²) in [5, 5.41) is 12.2. The van der Waals surface area contributed by atoms with E-state index in [1.165, 1.54) is 10.9 Å². The van der Waals surface area contributed by atoms with Gasteiger partial charge in [0.25, 0.3) is 0 Å². The summed E-state index contributed by atoms with van der Waals surface area (Å²) in [4.78, 5) is 1.34. The van der Waals surface area contributed by atoms with Crippen LogP contribution in [0.25, 0.3) is 11.4 Å². The molecule has 0 saturated heterocycles. The third-order valence-corrected chi connectivity index (χ3v) is 2.30. The second-order valence-corrected chi connectivity index (χ2v) is 4.16. The molecule has 88 valence electrons. The van der Waals surface area contributed by atoms with Crippen LogP contribution in [0, 0.1) is 12.7 Å². The normalized spacial score (nSPS) is 10.5. The van der Waals surface area contributed by atoms with Crippen LogP contribution >= 0.6 is 11.6 Å². The van der Waals surface area contributed by atoms with Gasteiger partial charge in [0, 0.05) is 10.6 Å². The molecular formula is C11H10ClFN4. The van der Waals surface area contributed by atoms with Gasteiger partial charge in [0.1, 0.15) is 5.82 Å². The van der Waals surface area contributed by atoms with Crippen molar-refractivity contribution in [2.24, 2.45) is 0 Å². The van der Waals surface area contributed by atoms with Crippen molar-refractivity contribution in [1.82, 2.24) is 20.2 Å². The molecule has 0 amide bonds. The van der Waals surface area contributed by atoms with Gasteiger partial charge in [-0.3, -0.25) is 0 Å². The van der Waals surface area contributed by atoms with Gasteiger partial charge in [0.15, 0.2) is 0 Å². The number of allylic oxidation sites excluding steroid dienone is 1. The van der Waals surface area contributed by atoms with Crippen molar-refractivity contribution in [2.45, 2.75) is 13.5 Å². The Morgan fingerprint density at radius 3 is 2.94 bits per heavy atom. The van der Waals surface area contributed by atoms with Gasteiger partial charge < -0.3 is 0 Å². The second-order valence-electron chi connectivity index (χ2n) is 3.62. The molecule has 2 aromatic rings. The van der Waals surface area contributed by atoms with Crippen LogP contribution in [-0.2, 0) is 6.54 Å². The van der Waals surface area contributed by atoms with Crippen LogP contribution in [0.15, 0.2) is 29.8 Å². The molecule has 0 aliphatic carbocycles. The van der Waals surface area contributed by atoms with E-state index >= 15 is 0 Å². The van der Waals surface area contributed by atoms with Gasteiger partial charge in [-0.1, -0.05) is 18.2 Å². The van der Waals surface area contributed by atoms with E-state index in [9.17, 15) is 4.39 Å². The van der Waals surface area contributed by atoms with E-state index in [0.717, 1.165) is 5.56 Å². The van der Waals surface area contributed by atoms with Gasteiger partial charge in [-0.25, -0.2) is 4.39 Å². The Labute approximate surface area is 103 Å². The predicted molar refractivity (Wildman–Crippen MR) is 62.9 cm³/mol.